The summed E-state index contributed by atoms with van der Waals surface area (Å²) in [6.07, 6.45) is 6.17. The molecule has 0 saturated carbocycles. The van der Waals surface area contributed by atoms with Crippen LogP contribution in [0.3, 0.4) is 0 Å². The van der Waals surface area contributed by atoms with Crippen LogP contribution in [0.1, 0.15) is 39.0 Å². The number of unbranched alkanes of at least 4 members (excludes halogenated alkanes) is 1. The Kier molecular flexibility index (Phi) is 5.26. The molecule has 1 saturated heterocycles. The van der Waals surface area contributed by atoms with Crippen LogP contribution < -0.4 is 0 Å². The number of thioether (sulfide) groups is 1. The van der Waals surface area contributed by atoms with Crippen LogP contribution in [-0.2, 0) is 4.74 Å². The van der Waals surface area contributed by atoms with E-state index in [9.17, 15) is 0 Å². The van der Waals surface area contributed by atoms with Crippen molar-refractivity contribution in [1.82, 2.24) is 0 Å². The molecule has 1 heterocycles. The molecule has 2 nitrogen and oxygen atoms in total. The van der Waals surface area contributed by atoms with Gasteiger partial charge in [0.25, 0.3) is 0 Å². The Morgan fingerprint density at radius 3 is 3.15 bits per heavy atom. The third kappa shape index (κ3) is 4.02. The summed E-state index contributed by atoms with van der Waals surface area (Å²) in [5.74, 6) is 0. The monoisotopic (exact) mass is 199 g/mol. The zero-order valence-corrected chi connectivity index (χ0v) is 8.98. The highest BCUT2D eigenvalue weighted by Crippen LogP contribution is 2.26. The summed E-state index contributed by atoms with van der Waals surface area (Å²) in [5, 5.41) is 11.2. The lowest BCUT2D eigenvalue weighted by molar-refractivity contribution is 0.0129. The van der Waals surface area contributed by atoms with Gasteiger partial charge in [-0.25, -0.2) is 0 Å². The molecular weight excluding hydrogens is 182 g/mol. The Balaban J connectivity index is 2.21. The van der Waals surface area contributed by atoms with Crippen LogP contribution in [0, 0.1) is 10.7 Å². The largest absolute Gasteiger partial charge is 0.378 e. The second-order valence-electron chi connectivity index (χ2n) is 3.49. The molecule has 0 aromatic carbocycles. The predicted molar refractivity (Wildman–Crippen MR) is 55.5 cm³/mol. The van der Waals surface area contributed by atoms with E-state index in [1.165, 1.54) is 31.0 Å². The van der Waals surface area contributed by atoms with Gasteiger partial charge < -0.3 is 4.74 Å². The van der Waals surface area contributed by atoms with Crippen molar-refractivity contribution in [3.05, 3.63) is 0 Å². The molecule has 1 aliphatic rings. The van der Waals surface area contributed by atoms with E-state index in [1.807, 2.05) is 0 Å². The van der Waals surface area contributed by atoms with Gasteiger partial charge in [0, 0.05) is 11.9 Å². The Bertz CT molecular complexity index is 178. The van der Waals surface area contributed by atoms with Crippen LogP contribution in [0.2, 0.25) is 0 Å². The quantitative estimate of drug-likeness (QED) is 0.653. The van der Waals surface area contributed by atoms with E-state index >= 15 is 0 Å². The molecule has 0 bridgehead atoms. The summed E-state index contributed by atoms with van der Waals surface area (Å²) < 4.78 is 5.63. The summed E-state index contributed by atoms with van der Waals surface area (Å²) in [4.78, 5) is 0. The highest BCUT2D eigenvalue weighted by atomic mass is 32.2. The van der Waals surface area contributed by atoms with Crippen LogP contribution in [-0.4, -0.2) is 18.0 Å². The Labute approximate surface area is 84.6 Å². The van der Waals surface area contributed by atoms with Crippen molar-refractivity contribution in [1.29, 1.82) is 5.26 Å². The topological polar surface area (TPSA) is 33.0 Å². The van der Waals surface area contributed by atoms with Crippen molar-refractivity contribution < 1.29 is 4.74 Å². The van der Waals surface area contributed by atoms with Gasteiger partial charge in [0.2, 0.25) is 0 Å². The number of nitrogens with zero attached hydrogens (tertiary/aromatic N) is 1. The van der Waals surface area contributed by atoms with Gasteiger partial charge in [-0.1, -0.05) is 19.8 Å². The third-order valence-corrected chi connectivity index (χ3v) is 3.29. The summed E-state index contributed by atoms with van der Waals surface area (Å²) in [6.45, 7) is 3.04. The van der Waals surface area contributed by atoms with Crippen LogP contribution in [0.4, 0.5) is 0 Å². The van der Waals surface area contributed by atoms with E-state index in [4.69, 9.17) is 10.00 Å². The number of nitriles is 1. The lowest BCUT2D eigenvalue weighted by atomic mass is 10.0. The molecule has 1 rings (SSSR count). The molecule has 0 N–H and O–H groups in total. The maximum Gasteiger partial charge on any atom is 0.133 e. The molecule has 1 aliphatic heterocycles. The zero-order valence-electron chi connectivity index (χ0n) is 8.16. The van der Waals surface area contributed by atoms with Crippen molar-refractivity contribution in [2.24, 2.45) is 0 Å². The number of thiocyanates is 1. The first kappa shape index (κ1) is 10.9. The van der Waals surface area contributed by atoms with Crippen molar-refractivity contribution in [2.45, 2.75) is 50.4 Å². The minimum atomic E-state index is 0.416. The van der Waals surface area contributed by atoms with E-state index in [1.54, 1.807) is 0 Å². The maximum atomic E-state index is 8.55. The lowest BCUT2D eigenvalue weighted by Crippen LogP contribution is -2.26. The zero-order chi connectivity index (χ0) is 9.52. The summed E-state index contributed by atoms with van der Waals surface area (Å²) in [7, 11) is 0. The van der Waals surface area contributed by atoms with Gasteiger partial charge in [0.1, 0.15) is 5.40 Å². The second kappa shape index (κ2) is 6.28. The van der Waals surface area contributed by atoms with Gasteiger partial charge in [-0.2, -0.15) is 5.26 Å². The van der Waals surface area contributed by atoms with Crippen molar-refractivity contribution in [2.75, 3.05) is 6.61 Å². The maximum absolute atomic E-state index is 8.55. The minimum Gasteiger partial charge on any atom is -0.378 e. The Hall–Kier alpha value is -0.200. The number of ether oxygens (including phenoxy) is 1. The molecule has 1 fully saturated rings. The van der Waals surface area contributed by atoms with Crippen molar-refractivity contribution >= 4 is 11.8 Å². The minimum absolute atomic E-state index is 0.416. The molecule has 0 aromatic heterocycles. The fraction of sp³-hybridized carbons (Fsp3) is 0.900. The first-order valence-electron chi connectivity index (χ1n) is 5.03. The molecule has 74 valence electrons. The standard InChI is InChI=1S/C10H17NOS/c1-2-3-4-9-7-10(13-8-11)5-6-12-9/h9-10H,2-7H2,1H3/t9-,10-/m0/s1. The smallest absolute Gasteiger partial charge is 0.133 e. The van der Waals surface area contributed by atoms with Gasteiger partial charge in [0.05, 0.1) is 6.10 Å². The molecule has 2 atom stereocenters. The van der Waals surface area contributed by atoms with Gasteiger partial charge in [-0.15, -0.1) is 0 Å². The highest BCUT2D eigenvalue weighted by Gasteiger charge is 2.22. The van der Waals surface area contributed by atoms with Crippen LogP contribution >= 0.6 is 11.8 Å². The first-order valence-corrected chi connectivity index (χ1v) is 5.91. The molecule has 0 aliphatic carbocycles. The van der Waals surface area contributed by atoms with Crippen LogP contribution in [0.25, 0.3) is 0 Å². The van der Waals surface area contributed by atoms with E-state index in [0.717, 1.165) is 19.4 Å². The Morgan fingerprint density at radius 1 is 1.62 bits per heavy atom. The van der Waals surface area contributed by atoms with Gasteiger partial charge >= 0.3 is 0 Å². The molecular formula is C10H17NOS. The van der Waals surface area contributed by atoms with Gasteiger partial charge in [-0.05, 0) is 31.0 Å². The van der Waals surface area contributed by atoms with E-state index in [-0.39, 0.29) is 0 Å². The number of hydrogen-bond donors (Lipinski definition) is 0. The Morgan fingerprint density at radius 2 is 2.46 bits per heavy atom. The van der Waals surface area contributed by atoms with Gasteiger partial charge in [0.15, 0.2) is 0 Å². The summed E-state index contributed by atoms with van der Waals surface area (Å²) >= 11 is 1.41. The number of rotatable bonds is 4. The molecule has 0 spiro atoms. The second-order valence-corrected chi connectivity index (χ2v) is 4.58. The normalized spacial score (nSPS) is 28.3. The van der Waals surface area contributed by atoms with Crippen molar-refractivity contribution in [3.63, 3.8) is 0 Å². The molecule has 0 amide bonds. The average Bonchev–Trinajstić information content (AvgIpc) is 2.16. The lowest BCUT2D eigenvalue weighted by Gasteiger charge is -2.27. The van der Waals surface area contributed by atoms with E-state index in [0.29, 0.717) is 11.4 Å². The van der Waals surface area contributed by atoms with Gasteiger partial charge in [-0.3, -0.25) is 0 Å². The highest BCUT2D eigenvalue weighted by molar-refractivity contribution is 8.04. The fourth-order valence-electron chi connectivity index (χ4n) is 1.66. The third-order valence-electron chi connectivity index (χ3n) is 2.42. The average molecular weight is 199 g/mol. The molecule has 0 unspecified atom stereocenters. The fourth-order valence-corrected chi connectivity index (χ4v) is 2.33. The van der Waals surface area contributed by atoms with Crippen LogP contribution in [0.15, 0.2) is 0 Å². The molecule has 13 heavy (non-hydrogen) atoms. The summed E-state index contributed by atoms with van der Waals surface area (Å²) in [5.41, 5.74) is 0. The summed E-state index contributed by atoms with van der Waals surface area (Å²) in [6, 6.07) is 0. The SMILES string of the molecule is CCCC[C@H]1C[C@@H](SC#N)CCO1. The van der Waals surface area contributed by atoms with E-state index < -0.39 is 0 Å². The van der Waals surface area contributed by atoms with Crippen LogP contribution in [0.5, 0.6) is 0 Å². The number of hydrogen-bond acceptors (Lipinski definition) is 3. The molecule has 0 aromatic rings. The van der Waals surface area contributed by atoms with Crippen molar-refractivity contribution in [3.8, 4) is 5.40 Å². The first-order chi connectivity index (χ1) is 6.36. The van der Waals surface area contributed by atoms with E-state index in [2.05, 4.69) is 12.3 Å². The predicted octanol–water partition coefficient (Wildman–Crippen LogP) is 2.94. The molecule has 3 heteroatoms. The molecule has 0 radical (unpaired) electrons.